The number of carbonyl (C=O) groups is 1. The Hall–Kier alpha value is -1.90. The lowest BCUT2D eigenvalue weighted by molar-refractivity contribution is 0.0766. The van der Waals surface area contributed by atoms with Crippen LogP contribution in [0.2, 0.25) is 0 Å². The summed E-state index contributed by atoms with van der Waals surface area (Å²) in [6, 6.07) is 12.9. The second-order valence-corrected chi connectivity index (χ2v) is 10.3. The fourth-order valence-electron chi connectivity index (χ4n) is 3.62. The van der Waals surface area contributed by atoms with E-state index in [1.54, 1.807) is 54.8 Å². The van der Waals surface area contributed by atoms with Crippen LogP contribution in [0.15, 0.2) is 53.4 Å². The minimum Gasteiger partial charge on any atom is -0.338 e. The Kier molecular flexibility index (Phi) is 7.55. The van der Waals surface area contributed by atoms with Crippen molar-refractivity contribution in [3.8, 4) is 0 Å². The van der Waals surface area contributed by atoms with Gasteiger partial charge < -0.3 is 4.90 Å². The maximum Gasteiger partial charge on any atom is 0.253 e. The Morgan fingerprint density at radius 3 is 2.40 bits per heavy atom. The molecule has 1 heterocycles. The Morgan fingerprint density at radius 2 is 1.77 bits per heavy atom. The van der Waals surface area contributed by atoms with E-state index in [0.29, 0.717) is 43.7 Å². The SMILES string of the molecule is CCN(CC)S(=O)(=O)c1ccc(C(=O)N2CCSC(c3ccccc3F)CC2)cc1. The molecule has 8 heteroatoms. The fraction of sp³-hybridized carbons (Fsp3) is 0.409. The van der Waals surface area contributed by atoms with Gasteiger partial charge in [-0.25, -0.2) is 12.8 Å². The molecule has 0 saturated carbocycles. The molecule has 0 aromatic heterocycles. The van der Waals surface area contributed by atoms with E-state index in [-0.39, 0.29) is 21.9 Å². The molecule has 0 bridgehead atoms. The summed E-state index contributed by atoms with van der Waals surface area (Å²) in [5.41, 5.74) is 1.14. The first-order valence-corrected chi connectivity index (χ1v) is 12.6. The highest BCUT2D eigenvalue weighted by atomic mass is 32.2. The predicted molar refractivity (Wildman–Crippen MR) is 119 cm³/mol. The predicted octanol–water partition coefficient (Wildman–Crippen LogP) is 4.18. The van der Waals surface area contributed by atoms with Crippen LogP contribution in [0, 0.1) is 5.82 Å². The van der Waals surface area contributed by atoms with E-state index in [4.69, 9.17) is 0 Å². The number of rotatable bonds is 6. The Bertz CT molecular complexity index is 976. The van der Waals surface area contributed by atoms with Crippen molar-refractivity contribution in [2.75, 3.05) is 31.9 Å². The van der Waals surface area contributed by atoms with Crippen molar-refractivity contribution in [3.63, 3.8) is 0 Å². The van der Waals surface area contributed by atoms with Crippen LogP contribution in [0.5, 0.6) is 0 Å². The van der Waals surface area contributed by atoms with Gasteiger partial charge in [-0.05, 0) is 36.8 Å². The summed E-state index contributed by atoms with van der Waals surface area (Å²) in [5, 5.41) is 0.0191. The van der Waals surface area contributed by atoms with Crippen molar-refractivity contribution in [2.24, 2.45) is 0 Å². The molecule has 1 atom stereocenters. The molecule has 2 aromatic rings. The molecule has 30 heavy (non-hydrogen) atoms. The van der Waals surface area contributed by atoms with Crippen molar-refractivity contribution in [1.29, 1.82) is 0 Å². The van der Waals surface area contributed by atoms with Gasteiger partial charge in [-0.15, -0.1) is 0 Å². The lowest BCUT2D eigenvalue weighted by Crippen LogP contribution is -2.33. The monoisotopic (exact) mass is 450 g/mol. The van der Waals surface area contributed by atoms with E-state index in [1.807, 2.05) is 6.07 Å². The van der Waals surface area contributed by atoms with Crippen LogP contribution in [0.25, 0.3) is 0 Å². The van der Waals surface area contributed by atoms with Gasteiger partial charge in [0, 0.05) is 48.3 Å². The van der Waals surface area contributed by atoms with Crippen molar-refractivity contribution in [1.82, 2.24) is 9.21 Å². The number of halogens is 1. The van der Waals surface area contributed by atoms with Crippen LogP contribution in [-0.2, 0) is 10.0 Å². The Morgan fingerprint density at radius 1 is 1.10 bits per heavy atom. The maximum absolute atomic E-state index is 14.1. The van der Waals surface area contributed by atoms with Crippen LogP contribution in [0.3, 0.4) is 0 Å². The summed E-state index contributed by atoms with van der Waals surface area (Å²) >= 11 is 1.66. The molecule has 1 unspecified atom stereocenters. The molecule has 1 amide bonds. The third kappa shape index (κ3) is 4.87. The highest BCUT2D eigenvalue weighted by Crippen LogP contribution is 2.35. The lowest BCUT2D eigenvalue weighted by atomic mass is 10.1. The molecule has 1 fully saturated rings. The van der Waals surface area contributed by atoms with E-state index in [0.717, 1.165) is 5.75 Å². The third-order valence-corrected chi connectivity index (χ3v) is 8.70. The molecule has 0 aliphatic carbocycles. The number of benzene rings is 2. The van der Waals surface area contributed by atoms with E-state index in [2.05, 4.69) is 0 Å². The minimum atomic E-state index is -3.55. The zero-order chi connectivity index (χ0) is 21.7. The molecule has 5 nitrogen and oxygen atoms in total. The Labute approximate surface area is 182 Å². The van der Waals surface area contributed by atoms with E-state index in [9.17, 15) is 17.6 Å². The first-order chi connectivity index (χ1) is 14.4. The van der Waals surface area contributed by atoms with Gasteiger partial charge >= 0.3 is 0 Å². The average Bonchev–Trinajstić information content (AvgIpc) is 3.00. The molecule has 1 saturated heterocycles. The molecule has 1 aliphatic heterocycles. The van der Waals surface area contributed by atoms with Gasteiger partial charge in [0.2, 0.25) is 10.0 Å². The first kappa shape index (κ1) is 22.8. The van der Waals surface area contributed by atoms with E-state index >= 15 is 0 Å². The number of sulfonamides is 1. The molecule has 3 rings (SSSR count). The molecule has 0 N–H and O–H groups in total. The summed E-state index contributed by atoms with van der Waals surface area (Å²) in [5.74, 6) is 0.385. The molecule has 0 spiro atoms. The topological polar surface area (TPSA) is 57.7 Å². The van der Waals surface area contributed by atoms with Crippen LogP contribution in [-0.4, -0.2) is 55.5 Å². The second-order valence-electron chi connectivity index (χ2n) is 7.08. The zero-order valence-electron chi connectivity index (χ0n) is 17.3. The van der Waals surface area contributed by atoms with Crippen LogP contribution < -0.4 is 0 Å². The average molecular weight is 451 g/mol. The summed E-state index contributed by atoms with van der Waals surface area (Å²) in [7, 11) is -3.55. The van der Waals surface area contributed by atoms with Crippen molar-refractivity contribution in [3.05, 3.63) is 65.5 Å². The minimum absolute atomic E-state index is 0.0191. The number of amides is 1. The largest absolute Gasteiger partial charge is 0.338 e. The third-order valence-electron chi connectivity index (χ3n) is 5.33. The molecule has 2 aromatic carbocycles. The lowest BCUT2D eigenvalue weighted by Gasteiger charge is -2.21. The molecule has 0 radical (unpaired) electrons. The van der Waals surface area contributed by atoms with Gasteiger partial charge in [-0.1, -0.05) is 32.0 Å². The van der Waals surface area contributed by atoms with E-state index in [1.165, 1.54) is 22.5 Å². The van der Waals surface area contributed by atoms with Gasteiger partial charge in [0.25, 0.3) is 5.91 Å². The number of hydrogen-bond acceptors (Lipinski definition) is 4. The molecular formula is C22H27FN2O3S2. The highest BCUT2D eigenvalue weighted by molar-refractivity contribution is 7.99. The van der Waals surface area contributed by atoms with Gasteiger partial charge in [-0.2, -0.15) is 16.1 Å². The van der Waals surface area contributed by atoms with Crippen molar-refractivity contribution < 1.29 is 17.6 Å². The highest BCUT2D eigenvalue weighted by Gasteiger charge is 2.25. The van der Waals surface area contributed by atoms with Gasteiger partial charge in [0.05, 0.1) is 4.90 Å². The molecule has 162 valence electrons. The van der Waals surface area contributed by atoms with Gasteiger partial charge in [-0.3, -0.25) is 4.79 Å². The molecule has 1 aliphatic rings. The van der Waals surface area contributed by atoms with Crippen LogP contribution in [0.1, 0.15) is 41.4 Å². The number of thioether (sulfide) groups is 1. The van der Waals surface area contributed by atoms with Crippen LogP contribution in [0.4, 0.5) is 4.39 Å². The summed E-state index contributed by atoms with van der Waals surface area (Å²) in [6.45, 7) is 5.50. The summed E-state index contributed by atoms with van der Waals surface area (Å²) in [4.78, 5) is 14.9. The normalized spacial score (nSPS) is 17.7. The van der Waals surface area contributed by atoms with E-state index < -0.39 is 10.0 Å². The Balaban J connectivity index is 1.70. The second kappa shape index (κ2) is 9.94. The maximum atomic E-state index is 14.1. The summed E-state index contributed by atoms with van der Waals surface area (Å²) in [6.07, 6.45) is 0.672. The smallest absolute Gasteiger partial charge is 0.253 e. The number of carbonyl (C=O) groups excluding carboxylic acids is 1. The standard InChI is InChI=1S/C22H27FN2O3S2/c1-3-25(4-2)30(27,28)18-11-9-17(10-12-18)22(26)24-14-13-21(29-16-15-24)19-7-5-6-8-20(19)23/h5-12,21H,3-4,13-16H2,1-2H3. The quantitative estimate of drug-likeness (QED) is 0.663. The van der Waals surface area contributed by atoms with Crippen molar-refractivity contribution >= 4 is 27.7 Å². The van der Waals surface area contributed by atoms with Crippen LogP contribution >= 0.6 is 11.8 Å². The van der Waals surface area contributed by atoms with Crippen molar-refractivity contribution in [2.45, 2.75) is 30.4 Å². The van der Waals surface area contributed by atoms with Gasteiger partial charge in [0.15, 0.2) is 0 Å². The number of hydrogen-bond donors (Lipinski definition) is 0. The molecular weight excluding hydrogens is 423 g/mol. The first-order valence-electron chi connectivity index (χ1n) is 10.1. The number of nitrogens with zero attached hydrogens (tertiary/aromatic N) is 2. The zero-order valence-corrected chi connectivity index (χ0v) is 18.9. The van der Waals surface area contributed by atoms with Gasteiger partial charge in [0.1, 0.15) is 5.82 Å². The summed E-state index contributed by atoms with van der Waals surface area (Å²) < 4.78 is 40.7. The fourth-order valence-corrected chi connectivity index (χ4v) is 6.33.